The van der Waals surface area contributed by atoms with Crippen molar-refractivity contribution in [2.24, 2.45) is 0 Å². The van der Waals surface area contributed by atoms with Crippen LogP contribution in [0.4, 0.5) is 0 Å². The van der Waals surface area contributed by atoms with Crippen molar-refractivity contribution in [2.45, 2.75) is 6.92 Å². The predicted octanol–water partition coefficient (Wildman–Crippen LogP) is 1.56. The van der Waals surface area contributed by atoms with Crippen LogP contribution < -0.4 is 14.8 Å². The summed E-state index contributed by atoms with van der Waals surface area (Å²) >= 11 is 0. The van der Waals surface area contributed by atoms with E-state index in [4.69, 9.17) is 14.2 Å². The first kappa shape index (κ1) is 18.3. The van der Waals surface area contributed by atoms with E-state index >= 15 is 0 Å². The number of benzene rings is 1. The molecule has 132 valence electrons. The Bertz CT molecular complexity index is 554. The second kappa shape index (κ2) is 9.95. The monoisotopic (exact) mass is 334 g/mol. The minimum Gasteiger partial charge on any atom is -0.493 e. The topological polar surface area (TPSA) is 60.0 Å². The van der Waals surface area contributed by atoms with Gasteiger partial charge in [-0.1, -0.05) is 6.07 Å². The van der Waals surface area contributed by atoms with Gasteiger partial charge in [0.25, 0.3) is 0 Å². The summed E-state index contributed by atoms with van der Waals surface area (Å²) in [6.45, 7) is 7.39. The summed E-state index contributed by atoms with van der Waals surface area (Å²) in [6, 6.07) is 5.59. The zero-order valence-corrected chi connectivity index (χ0v) is 14.4. The fourth-order valence-corrected chi connectivity index (χ4v) is 2.46. The summed E-state index contributed by atoms with van der Waals surface area (Å²) in [6.07, 6.45) is 3.30. The highest BCUT2D eigenvalue weighted by Crippen LogP contribution is 2.28. The lowest BCUT2D eigenvalue weighted by molar-refractivity contribution is -0.116. The molecule has 24 heavy (non-hydrogen) atoms. The molecule has 2 rings (SSSR count). The molecule has 0 radical (unpaired) electrons. The summed E-state index contributed by atoms with van der Waals surface area (Å²) in [7, 11) is 1.60. The first-order valence-electron chi connectivity index (χ1n) is 8.29. The van der Waals surface area contributed by atoms with E-state index in [0.29, 0.717) is 24.7 Å². The predicted molar refractivity (Wildman–Crippen MR) is 93.5 cm³/mol. The number of hydrogen-bond acceptors (Lipinski definition) is 5. The van der Waals surface area contributed by atoms with Crippen LogP contribution in [0.15, 0.2) is 24.3 Å². The molecule has 1 aliphatic heterocycles. The van der Waals surface area contributed by atoms with Gasteiger partial charge in [-0.2, -0.15) is 0 Å². The number of amides is 1. The Morgan fingerprint density at radius 3 is 2.83 bits per heavy atom. The van der Waals surface area contributed by atoms with Crippen LogP contribution >= 0.6 is 0 Å². The van der Waals surface area contributed by atoms with Gasteiger partial charge in [0.1, 0.15) is 0 Å². The number of carbonyl (C=O) groups is 1. The summed E-state index contributed by atoms with van der Waals surface area (Å²) in [5.41, 5.74) is 0.888. The number of carbonyl (C=O) groups excluding carboxylic acids is 1. The Hall–Kier alpha value is -2.05. The third kappa shape index (κ3) is 5.86. The highest BCUT2D eigenvalue weighted by molar-refractivity contribution is 5.91. The first-order chi connectivity index (χ1) is 11.7. The van der Waals surface area contributed by atoms with Crippen LogP contribution in [0.25, 0.3) is 6.08 Å². The molecule has 0 bridgehead atoms. The van der Waals surface area contributed by atoms with E-state index in [2.05, 4.69) is 10.2 Å². The summed E-state index contributed by atoms with van der Waals surface area (Å²) in [5.74, 6) is 1.26. The molecule has 1 amide bonds. The average Bonchev–Trinajstić information content (AvgIpc) is 2.62. The number of morpholine rings is 1. The molecule has 6 heteroatoms. The quantitative estimate of drug-likeness (QED) is 0.731. The number of nitrogens with one attached hydrogen (secondary N) is 1. The zero-order chi connectivity index (χ0) is 17.2. The van der Waals surface area contributed by atoms with Gasteiger partial charge in [0.2, 0.25) is 5.91 Å². The van der Waals surface area contributed by atoms with Crippen molar-refractivity contribution < 1.29 is 19.0 Å². The third-order valence-corrected chi connectivity index (χ3v) is 3.75. The molecular formula is C18H26N2O4. The van der Waals surface area contributed by atoms with E-state index < -0.39 is 0 Å². The van der Waals surface area contributed by atoms with Gasteiger partial charge in [-0.05, 0) is 30.7 Å². The zero-order valence-electron chi connectivity index (χ0n) is 14.4. The molecular weight excluding hydrogens is 308 g/mol. The molecule has 1 aromatic rings. The molecule has 0 spiro atoms. The molecule has 0 saturated carbocycles. The van der Waals surface area contributed by atoms with Gasteiger partial charge in [0.15, 0.2) is 11.5 Å². The van der Waals surface area contributed by atoms with Crippen molar-refractivity contribution in [1.29, 1.82) is 0 Å². The van der Waals surface area contributed by atoms with Crippen LogP contribution in [0.5, 0.6) is 11.5 Å². The van der Waals surface area contributed by atoms with E-state index in [1.165, 1.54) is 6.08 Å². The first-order valence-corrected chi connectivity index (χ1v) is 8.29. The lowest BCUT2D eigenvalue weighted by Crippen LogP contribution is -2.41. The third-order valence-electron chi connectivity index (χ3n) is 3.75. The second-order valence-corrected chi connectivity index (χ2v) is 5.42. The Balaban J connectivity index is 1.80. The molecule has 1 aromatic carbocycles. The average molecular weight is 334 g/mol. The summed E-state index contributed by atoms with van der Waals surface area (Å²) in [4.78, 5) is 14.2. The Morgan fingerprint density at radius 1 is 1.33 bits per heavy atom. The molecule has 1 heterocycles. The van der Waals surface area contributed by atoms with Gasteiger partial charge in [0, 0.05) is 32.3 Å². The summed E-state index contributed by atoms with van der Waals surface area (Å²) < 4.78 is 16.1. The summed E-state index contributed by atoms with van der Waals surface area (Å²) in [5, 5.41) is 2.90. The van der Waals surface area contributed by atoms with Crippen LogP contribution in [0.1, 0.15) is 12.5 Å². The highest BCUT2D eigenvalue weighted by atomic mass is 16.5. The van der Waals surface area contributed by atoms with Crippen molar-refractivity contribution in [2.75, 3.05) is 53.1 Å². The van der Waals surface area contributed by atoms with Crippen LogP contribution in [0, 0.1) is 0 Å². The lowest BCUT2D eigenvalue weighted by Gasteiger charge is -2.26. The maximum absolute atomic E-state index is 11.9. The van der Waals surface area contributed by atoms with Crippen LogP contribution in [-0.4, -0.2) is 63.9 Å². The van der Waals surface area contributed by atoms with E-state index in [-0.39, 0.29) is 5.91 Å². The van der Waals surface area contributed by atoms with Crippen molar-refractivity contribution >= 4 is 12.0 Å². The van der Waals surface area contributed by atoms with Crippen LogP contribution in [0.3, 0.4) is 0 Å². The molecule has 1 fully saturated rings. The Morgan fingerprint density at radius 2 is 2.12 bits per heavy atom. The molecule has 6 nitrogen and oxygen atoms in total. The molecule has 0 atom stereocenters. The van der Waals surface area contributed by atoms with Crippen molar-refractivity contribution in [3.8, 4) is 11.5 Å². The van der Waals surface area contributed by atoms with Gasteiger partial charge in [-0.3, -0.25) is 9.69 Å². The smallest absolute Gasteiger partial charge is 0.244 e. The van der Waals surface area contributed by atoms with Crippen molar-refractivity contribution in [3.05, 3.63) is 29.8 Å². The Labute approximate surface area is 143 Å². The number of methoxy groups -OCH3 is 1. The molecule has 1 aliphatic rings. The SMILES string of the molecule is CCOc1ccc(C=CC(=O)NCCN2CCOCC2)cc1OC. The molecule has 0 aromatic heterocycles. The van der Waals surface area contributed by atoms with E-state index in [1.54, 1.807) is 13.2 Å². The van der Waals surface area contributed by atoms with Gasteiger partial charge in [-0.15, -0.1) is 0 Å². The van der Waals surface area contributed by atoms with Crippen molar-refractivity contribution in [1.82, 2.24) is 10.2 Å². The second-order valence-electron chi connectivity index (χ2n) is 5.42. The molecule has 1 N–H and O–H groups in total. The minimum atomic E-state index is -0.101. The molecule has 0 aliphatic carbocycles. The fourth-order valence-electron chi connectivity index (χ4n) is 2.46. The number of ether oxygens (including phenoxy) is 3. The van der Waals surface area contributed by atoms with Gasteiger partial charge in [-0.25, -0.2) is 0 Å². The number of rotatable bonds is 8. The van der Waals surface area contributed by atoms with Crippen molar-refractivity contribution in [3.63, 3.8) is 0 Å². The largest absolute Gasteiger partial charge is 0.493 e. The van der Waals surface area contributed by atoms with Crippen LogP contribution in [-0.2, 0) is 9.53 Å². The number of hydrogen-bond donors (Lipinski definition) is 1. The van der Waals surface area contributed by atoms with Gasteiger partial charge >= 0.3 is 0 Å². The maximum atomic E-state index is 11.9. The fraction of sp³-hybridized carbons (Fsp3) is 0.500. The van der Waals surface area contributed by atoms with Gasteiger partial charge < -0.3 is 19.5 Å². The van der Waals surface area contributed by atoms with Gasteiger partial charge in [0.05, 0.1) is 26.9 Å². The Kier molecular flexibility index (Phi) is 7.58. The molecule has 1 saturated heterocycles. The van der Waals surface area contributed by atoms with E-state index in [1.807, 2.05) is 25.1 Å². The lowest BCUT2D eigenvalue weighted by atomic mass is 10.2. The minimum absolute atomic E-state index is 0.101. The maximum Gasteiger partial charge on any atom is 0.244 e. The van der Waals surface area contributed by atoms with E-state index in [0.717, 1.165) is 38.4 Å². The molecule has 0 unspecified atom stereocenters. The van der Waals surface area contributed by atoms with E-state index in [9.17, 15) is 4.79 Å². The normalized spacial score (nSPS) is 15.4. The van der Waals surface area contributed by atoms with Crippen LogP contribution in [0.2, 0.25) is 0 Å². The standard InChI is InChI=1S/C18H26N2O4/c1-3-24-16-6-4-15(14-17(16)22-2)5-7-18(21)19-8-9-20-10-12-23-13-11-20/h4-7,14H,3,8-13H2,1-2H3,(H,19,21). The highest BCUT2D eigenvalue weighted by Gasteiger charge is 2.09. The number of nitrogens with zero attached hydrogens (tertiary/aromatic N) is 1.